The number of fused-ring (bicyclic) bond motifs is 1. The summed E-state index contributed by atoms with van der Waals surface area (Å²) in [6.45, 7) is 2.08. The van der Waals surface area contributed by atoms with Crippen LogP contribution in [0.4, 0.5) is 5.69 Å². The highest BCUT2D eigenvalue weighted by Crippen LogP contribution is 2.43. The summed E-state index contributed by atoms with van der Waals surface area (Å²) < 4.78 is 0. The molecule has 3 aromatic carbocycles. The van der Waals surface area contributed by atoms with Gasteiger partial charge in [-0.3, -0.25) is 9.63 Å². The summed E-state index contributed by atoms with van der Waals surface area (Å²) in [5.41, 5.74) is 5.08. The Morgan fingerprint density at radius 2 is 1.57 bits per heavy atom. The first-order valence-electron chi connectivity index (χ1n) is 10.3. The third-order valence-corrected chi connectivity index (χ3v) is 5.79. The maximum atomic E-state index is 13.6. The molecule has 0 radical (unpaired) electrons. The highest BCUT2D eigenvalue weighted by Gasteiger charge is 2.50. The second-order valence-electron chi connectivity index (χ2n) is 7.85. The van der Waals surface area contributed by atoms with Crippen molar-refractivity contribution < 1.29 is 9.63 Å². The van der Waals surface area contributed by atoms with Gasteiger partial charge in [0.05, 0.1) is 5.69 Å². The smallest absolute Gasteiger partial charge is 0.188 e. The first-order valence-corrected chi connectivity index (χ1v) is 10.3. The average Bonchev–Trinajstić information content (AvgIpc) is 3.36. The Morgan fingerprint density at radius 1 is 0.900 bits per heavy atom. The molecule has 0 unspecified atom stereocenters. The van der Waals surface area contributed by atoms with Crippen LogP contribution in [-0.4, -0.2) is 17.9 Å². The van der Waals surface area contributed by atoms with Crippen LogP contribution in [0.25, 0.3) is 6.08 Å². The molecular weight excluding hydrogens is 370 g/mol. The summed E-state index contributed by atoms with van der Waals surface area (Å²) in [6.07, 6.45) is 6.19. The molecule has 1 aliphatic carbocycles. The van der Waals surface area contributed by atoms with E-state index in [9.17, 15) is 4.79 Å². The number of allylic oxidation sites excluding steroid dienone is 1. The van der Waals surface area contributed by atoms with Gasteiger partial charge in [-0.25, -0.2) is 5.06 Å². The molecule has 1 aliphatic heterocycles. The fourth-order valence-electron chi connectivity index (χ4n) is 4.27. The lowest BCUT2D eigenvalue weighted by Gasteiger charge is -2.26. The lowest BCUT2D eigenvalue weighted by molar-refractivity contribution is 0.0885. The summed E-state index contributed by atoms with van der Waals surface area (Å²) >= 11 is 0. The first-order chi connectivity index (χ1) is 14.7. The number of para-hydroxylation sites is 1. The summed E-state index contributed by atoms with van der Waals surface area (Å²) in [5, 5.41) is 1.80. The van der Waals surface area contributed by atoms with E-state index in [0.717, 1.165) is 16.8 Å². The predicted molar refractivity (Wildman–Crippen MR) is 120 cm³/mol. The summed E-state index contributed by atoms with van der Waals surface area (Å²) in [6, 6.07) is 27.4. The Morgan fingerprint density at radius 3 is 2.27 bits per heavy atom. The fourth-order valence-corrected chi connectivity index (χ4v) is 4.27. The molecule has 1 heterocycles. The number of hydrogen-bond donors (Lipinski definition) is 0. The monoisotopic (exact) mass is 393 g/mol. The minimum absolute atomic E-state index is 0.0563. The number of hydroxylamine groups is 1. The van der Waals surface area contributed by atoms with Gasteiger partial charge in [0.15, 0.2) is 5.78 Å². The Hall–Kier alpha value is -3.43. The molecule has 3 atom stereocenters. The molecule has 148 valence electrons. The van der Waals surface area contributed by atoms with Gasteiger partial charge in [-0.05, 0) is 30.2 Å². The Balaban J connectivity index is 1.56. The molecule has 0 spiro atoms. The molecule has 0 aromatic heterocycles. The number of rotatable bonds is 4. The van der Waals surface area contributed by atoms with Crippen LogP contribution in [0, 0.1) is 12.8 Å². The number of ketones is 1. The van der Waals surface area contributed by atoms with E-state index in [-0.39, 0.29) is 17.8 Å². The zero-order valence-electron chi connectivity index (χ0n) is 16.8. The van der Waals surface area contributed by atoms with Crippen LogP contribution in [0.15, 0.2) is 103 Å². The Kier molecular flexibility index (Phi) is 4.82. The number of anilines is 1. The third kappa shape index (κ3) is 3.38. The van der Waals surface area contributed by atoms with E-state index in [0.29, 0.717) is 5.56 Å². The zero-order valence-corrected chi connectivity index (χ0v) is 16.8. The van der Waals surface area contributed by atoms with Crippen molar-refractivity contribution in [2.45, 2.75) is 19.1 Å². The number of hydrogen-bond acceptors (Lipinski definition) is 3. The molecule has 3 aromatic rings. The Bertz CT molecular complexity index is 1100. The van der Waals surface area contributed by atoms with Crippen LogP contribution >= 0.6 is 0 Å². The van der Waals surface area contributed by atoms with E-state index >= 15 is 0 Å². The SMILES string of the molecule is Cc1ccc(/C=C2\C=C[C@H]3ON(c4ccccc4)[C@H](C(=O)c4ccccc4)[C@@H]23)cc1. The topological polar surface area (TPSA) is 29.5 Å². The van der Waals surface area contributed by atoms with Crippen LogP contribution in [0.2, 0.25) is 0 Å². The van der Waals surface area contributed by atoms with Crippen LogP contribution in [-0.2, 0) is 4.84 Å². The normalized spacial score (nSPS) is 23.7. The summed E-state index contributed by atoms with van der Waals surface area (Å²) in [5.74, 6) is 0.0182. The molecule has 1 fully saturated rings. The molecule has 5 rings (SSSR count). The predicted octanol–water partition coefficient (Wildman–Crippen LogP) is 5.64. The molecule has 30 heavy (non-hydrogen) atoms. The second-order valence-corrected chi connectivity index (χ2v) is 7.85. The van der Waals surface area contributed by atoms with E-state index in [1.54, 1.807) is 5.06 Å². The van der Waals surface area contributed by atoms with Crippen molar-refractivity contribution in [3.63, 3.8) is 0 Å². The molecule has 0 N–H and O–H groups in total. The van der Waals surface area contributed by atoms with Crippen LogP contribution in [0.3, 0.4) is 0 Å². The van der Waals surface area contributed by atoms with Gasteiger partial charge in [0.1, 0.15) is 12.1 Å². The lowest BCUT2D eigenvalue weighted by atomic mass is 9.86. The van der Waals surface area contributed by atoms with Crippen molar-refractivity contribution in [2.24, 2.45) is 5.92 Å². The number of nitrogens with zero attached hydrogens (tertiary/aromatic N) is 1. The Labute approximate surface area is 176 Å². The standard InChI is InChI=1S/C27H23NO2/c1-19-12-14-20(15-13-19)18-22-16-17-24-25(22)26(27(29)21-8-4-2-5-9-21)28(30-24)23-10-6-3-7-11-23/h2-18,24-26H,1H3/b22-18+/t24-,25+,26+/m1/s1. The van der Waals surface area contributed by atoms with Crippen molar-refractivity contribution in [3.8, 4) is 0 Å². The van der Waals surface area contributed by atoms with Gasteiger partial charge in [0, 0.05) is 11.5 Å². The molecule has 0 bridgehead atoms. The first kappa shape index (κ1) is 18.6. The maximum Gasteiger partial charge on any atom is 0.188 e. The summed E-state index contributed by atoms with van der Waals surface area (Å²) in [4.78, 5) is 19.9. The van der Waals surface area contributed by atoms with Gasteiger partial charge in [-0.1, -0.05) is 96.6 Å². The second kappa shape index (κ2) is 7.77. The van der Waals surface area contributed by atoms with Crippen LogP contribution < -0.4 is 5.06 Å². The molecule has 3 nitrogen and oxygen atoms in total. The van der Waals surface area contributed by atoms with Crippen molar-refractivity contribution in [1.82, 2.24) is 0 Å². The van der Waals surface area contributed by atoms with Gasteiger partial charge in [-0.15, -0.1) is 0 Å². The minimum atomic E-state index is -0.425. The molecule has 0 saturated carbocycles. The molecule has 2 aliphatic rings. The lowest BCUT2D eigenvalue weighted by Crippen LogP contribution is -2.40. The number of carbonyl (C=O) groups is 1. The summed E-state index contributed by atoms with van der Waals surface area (Å²) in [7, 11) is 0. The van der Waals surface area contributed by atoms with Gasteiger partial charge in [0.2, 0.25) is 0 Å². The van der Waals surface area contributed by atoms with E-state index in [1.807, 2.05) is 60.7 Å². The minimum Gasteiger partial charge on any atom is -0.292 e. The number of carbonyl (C=O) groups excluding carboxylic acids is 1. The number of benzene rings is 3. The van der Waals surface area contributed by atoms with E-state index < -0.39 is 6.04 Å². The van der Waals surface area contributed by atoms with Crippen molar-refractivity contribution in [2.75, 3.05) is 5.06 Å². The van der Waals surface area contributed by atoms with Gasteiger partial charge in [-0.2, -0.15) is 0 Å². The van der Waals surface area contributed by atoms with E-state index in [2.05, 4.69) is 49.4 Å². The van der Waals surface area contributed by atoms with Crippen molar-refractivity contribution in [1.29, 1.82) is 0 Å². The maximum absolute atomic E-state index is 13.6. The molecule has 1 saturated heterocycles. The third-order valence-electron chi connectivity index (χ3n) is 5.79. The molecular formula is C27H23NO2. The van der Waals surface area contributed by atoms with Gasteiger partial charge < -0.3 is 0 Å². The van der Waals surface area contributed by atoms with Crippen LogP contribution in [0.5, 0.6) is 0 Å². The molecule has 3 heteroatoms. The van der Waals surface area contributed by atoms with Crippen molar-refractivity contribution in [3.05, 3.63) is 119 Å². The quantitative estimate of drug-likeness (QED) is 0.538. The fraction of sp³-hybridized carbons (Fsp3) is 0.148. The highest BCUT2D eigenvalue weighted by molar-refractivity contribution is 6.03. The van der Waals surface area contributed by atoms with Crippen molar-refractivity contribution >= 4 is 17.5 Å². The zero-order chi connectivity index (χ0) is 20.5. The number of aryl methyl sites for hydroxylation is 1. The largest absolute Gasteiger partial charge is 0.292 e. The highest BCUT2D eigenvalue weighted by atomic mass is 16.7. The van der Waals surface area contributed by atoms with E-state index in [4.69, 9.17) is 4.84 Å². The van der Waals surface area contributed by atoms with Gasteiger partial charge >= 0.3 is 0 Å². The average molecular weight is 393 g/mol. The molecule has 0 amide bonds. The van der Waals surface area contributed by atoms with E-state index in [1.165, 1.54) is 5.56 Å². The van der Waals surface area contributed by atoms with Gasteiger partial charge in [0.25, 0.3) is 0 Å². The number of Topliss-reactive ketones (excluding diaryl/α,β-unsaturated/α-hetero) is 1. The van der Waals surface area contributed by atoms with Crippen LogP contribution in [0.1, 0.15) is 21.5 Å².